The summed E-state index contributed by atoms with van der Waals surface area (Å²) >= 11 is 1.96. The number of ether oxygens (including phenoxy) is 1. The molecule has 0 aliphatic rings. The number of aliphatic hydroxyl groups is 1. The van der Waals surface area contributed by atoms with Crippen LogP contribution in [0.25, 0.3) is 0 Å². The fourth-order valence-electron chi connectivity index (χ4n) is 1.91. The van der Waals surface area contributed by atoms with Crippen LogP contribution in [0, 0.1) is 5.92 Å². The molecule has 0 aromatic rings. The molecule has 0 radical (unpaired) electrons. The Balaban J connectivity index is 3.55. The van der Waals surface area contributed by atoms with E-state index in [1.807, 2.05) is 11.8 Å². The normalized spacial score (nSPS) is 16.6. The monoisotopic (exact) mass is 291 g/mol. The quantitative estimate of drug-likeness (QED) is 0.543. The lowest BCUT2D eigenvalue weighted by Gasteiger charge is -2.20. The van der Waals surface area contributed by atoms with Gasteiger partial charge in [0.05, 0.1) is 18.8 Å². The van der Waals surface area contributed by atoms with E-state index in [9.17, 15) is 5.11 Å². The summed E-state index contributed by atoms with van der Waals surface area (Å²) in [4.78, 5) is 0. The average molecular weight is 292 g/mol. The fraction of sp³-hybridized carbons (Fsp3) is 1.00. The number of nitrogens with one attached hydrogen (secondary N) is 1. The molecule has 19 heavy (non-hydrogen) atoms. The molecule has 0 aliphatic carbocycles. The van der Waals surface area contributed by atoms with Gasteiger partial charge >= 0.3 is 0 Å². The number of hydrogen-bond donors (Lipinski definition) is 2. The second-order valence-electron chi connectivity index (χ2n) is 5.72. The zero-order chi connectivity index (χ0) is 14.7. The molecule has 0 saturated heterocycles. The van der Waals surface area contributed by atoms with Crippen LogP contribution < -0.4 is 5.32 Å². The smallest absolute Gasteiger partial charge is 0.0897 e. The van der Waals surface area contributed by atoms with Gasteiger partial charge in [0.15, 0.2) is 0 Å². The molecule has 0 aromatic heterocycles. The Hall–Kier alpha value is 0.230. The Morgan fingerprint density at radius 3 is 2.47 bits per heavy atom. The van der Waals surface area contributed by atoms with Gasteiger partial charge in [0.25, 0.3) is 0 Å². The standard InChI is InChI=1S/C15H33NO2S/c1-6-19-8-7-13(4)16-10-15(17)11-18-14(5)9-12(2)3/h12-17H,6-11H2,1-5H3. The molecular weight excluding hydrogens is 258 g/mol. The number of rotatable bonds is 12. The molecule has 2 N–H and O–H groups in total. The lowest BCUT2D eigenvalue weighted by molar-refractivity contribution is -0.00913. The largest absolute Gasteiger partial charge is 0.389 e. The SMILES string of the molecule is CCSCCC(C)NCC(O)COC(C)CC(C)C. The Morgan fingerprint density at radius 1 is 1.21 bits per heavy atom. The molecule has 0 aliphatic heterocycles. The average Bonchev–Trinajstić information content (AvgIpc) is 2.33. The van der Waals surface area contributed by atoms with Crippen molar-refractivity contribution in [3.8, 4) is 0 Å². The maximum absolute atomic E-state index is 9.86. The molecule has 0 bridgehead atoms. The van der Waals surface area contributed by atoms with Gasteiger partial charge in [-0.3, -0.25) is 0 Å². The van der Waals surface area contributed by atoms with Crippen LogP contribution in [0.15, 0.2) is 0 Å². The van der Waals surface area contributed by atoms with E-state index in [-0.39, 0.29) is 6.10 Å². The summed E-state index contributed by atoms with van der Waals surface area (Å²) in [5.41, 5.74) is 0. The zero-order valence-electron chi connectivity index (χ0n) is 13.3. The first-order chi connectivity index (χ1) is 8.95. The molecule has 0 heterocycles. The maximum atomic E-state index is 9.86. The molecule has 0 aromatic carbocycles. The minimum absolute atomic E-state index is 0.230. The topological polar surface area (TPSA) is 41.5 Å². The summed E-state index contributed by atoms with van der Waals surface area (Å²) in [6, 6.07) is 0.460. The van der Waals surface area contributed by atoms with E-state index in [4.69, 9.17) is 4.74 Å². The van der Waals surface area contributed by atoms with Crippen molar-refractivity contribution in [3.05, 3.63) is 0 Å². The molecule has 3 atom stereocenters. The first kappa shape index (κ1) is 19.2. The summed E-state index contributed by atoms with van der Waals surface area (Å²) < 4.78 is 5.65. The van der Waals surface area contributed by atoms with E-state index >= 15 is 0 Å². The Morgan fingerprint density at radius 2 is 1.89 bits per heavy atom. The highest BCUT2D eigenvalue weighted by molar-refractivity contribution is 7.99. The Bertz CT molecular complexity index is 203. The van der Waals surface area contributed by atoms with Gasteiger partial charge in [0.2, 0.25) is 0 Å². The predicted octanol–water partition coefficient (Wildman–Crippen LogP) is 2.92. The molecule has 0 saturated carbocycles. The van der Waals surface area contributed by atoms with Gasteiger partial charge in [-0.15, -0.1) is 0 Å². The molecule has 4 heteroatoms. The number of thioether (sulfide) groups is 1. The van der Waals surface area contributed by atoms with E-state index in [1.54, 1.807) is 0 Å². The van der Waals surface area contributed by atoms with Crippen LogP contribution in [0.2, 0.25) is 0 Å². The third-order valence-electron chi connectivity index (χ3n) is 2.98. The first-order valence-electron chi connectivity index (χ1n) is 7.56. The predicted molar refractivity (Wildman–Crippen MR) is 86.0 cm³/mol. The molecule has 0 spiro atoms. The van der Waals surface area contributed by atoms with Crippen molar-refractivity contribution < 1.29 is 9.84 Å². The second-order valence-corrected chi connectivity index (χ2v) is 7.12. The molecule has 0 amide bonds. The van der Waals surface area contributed by atoms with Crippen LogP contribution in [0.5, 0.6) is 0 Å². The Labute approximate surface area is 123 Å². The third-order valence-corrected chi connectivity index (χ3v) is 3.91. The van der Waals surface area contributed by atoms with Gasteiger partial charge in [-0.1, -0.05) is 20.8 Å². The van der Waals surface area contributed by atoms with Gasteiger partial charge in [-0.2, -0.15) is 11.8 Å². The van der Waals surface area contributed by atoms with Gasteiger partial charge in [0, 0.05) is 12.6 Å². The van der Waals surface area contributed by atoms with Gasteiger partial charge in [0.1, 0.15) is 0 Å². The number of aliphatic hydroxyl groups excluding tert-OH is 1. The highest BCUT2D eigenvalue weighted by Crippen LogP contribution is 2.08. The van der Waals surface area contributed by atoms with Crippen molar-refractivity contribution in [1.29, 1.82) is 0 Å². The molecule has 3 unspecified atom stereocenters. The zero-order valence-corrected chi connectivity index (χ0v) is 14.1. The van der Waals surface area contributed by atoms with Crippen LogP contribution in [-0.2, 0) is 4.74 Å². The van der Waals surface area contributed by atoms with Gasteiger partial charge < -0.3 is 15.2 Å². The van der Waals surface area contributed by atoms with Crippen LogP contribution >= 0.6 is 11.8 Å². The summed E-state index contributed by atoms with van der Waals surface area (Å²) in [5, 5.41) is 13.2. The fourth-order valence-corrected chi connectivity index (χ4v) is 2.72. The van der Waals surface area contributed by atoms with E-state index < -0.39 is 6.10 Å². The summed E-state index contributed by atoms with van der Waals surface area (Å²) in [6.07, 6.45) is 2.02. The second kappa shape index (κ2) is 12.0. The molecular formula is C15H33NO2S. The Kier molecular flexibility index (Phi) is 12.2. The third kappa shape index (κ3) is 13.0. The van der Waals surface area contributed by atoms with E-state index in [1.165, 1.54) is 11.5 Å². The molecule has 0 fully saturated rings. The summed E-state index contributed by atoms with van der Waals surface area (Å²) in [6.45, 7) is 11.9. The maximum Gasteiger partial charge on any atom is 0.0897 e. The number of hydrogen-bond acceptors (Lipinski definition) is 4. The van der Waals surface area contributed by atoms with Crippen molar-refractivity contribution in [3.63, 3.8) is 0 Å². The summed E-state index contributed by atoms with van der Waals surface area (Å²) in [5.74, 6) is 3.00. The van der Waals surface area contributed by atoms with Crippen molar-refractivity contribution in [2.45, 2.75) is 65.7 Å². The first-order valence-corrected chi connectivity index (χ1v) is 8.71. The van der Waals surface area contributed by atoms with Gasteiger partial charge in [-0.05, 0) is 44.1 Å². The molecule has 116 valence electrons. The van der Waals surface area contributed by atoms with E-state index in [0.717, 1.165) is 12.8 Å². The van der Waals surface area contributed by atoms with Crippen molar-refractivity contribution in [1.82, 2.24) is 5.32 Å². The van der Waals surface area contributed by atoms with Crippen LogP contribution in [-0.4, -0.2) is 48.0 Å². The van der Waals surface area contributed by atoms with Gasteiger partial charge in [-0.25, -0.2) is 0 Å². The minimum Gasteiger partial charge on any atom is -0.389 e. The lowest BCUT2D eigenvalue weighted by atomic mass is 10.1. The van der Waals surface area contributed by atoms with Crippen LogP contribution in [0.3, 0.4) is 0 Å². The van der Waals surface area contributed by atoms with Crippen molar-refractivity contribution in [2.24, 2.45) is 5.92 Å². The van der Waals surface area contributed by atoms with Crippen LogP contribution in [0.4, 0.5) is 0 Å². The van der Waals surface area contributed by atoms with E-state index in [2.05, 4.69) is 39.9 Å². The highest BCUT2D eigenvalue weighted by Gasteiger charge is 2.10. The van der Waals surface area contributed by atoms with Crippen LogP contribution in [0.1, 0.15) is 47.5 Å². The summed E-state index contributed by atoms with van der Waals surface area (Å²) in [7, 11) is 0. The molecule has 3 nitrogen and oxygen atoms in total. The molecule has 0 rings (SSSR count). The minimum atomic E-state index is -0.407. The highest BCUT2D eigenvalue weighted by atomic mass is 32.2. The lowest BCUT2D eigenvalue weighted by Crippen LogP contribution is -2.36. The van der Waals surface area contributed by atoms with Crippen molar-refractivity contribution in [2.75, 3.05) is 24.7 Å². The van der Waals surface area contributed by atoms with E-state index in [0.29, 0.717) is 25.1 Å². The van der Waals surface area contributed by atoms with Crippen molar-refractivity contribution >= 4 is 11.8 Å².